The van der Waals surface area contributed by atoms with Crippen molar-refractivity contribution in [2.75, 3.05) is 25.1 Å². The fraction of sp³-hybridized carbons (Fsp3) is 0.467. The van der Waals surface area contributed by atoms with E-state index in [1.54, 1.807) is 11.8 Å². The largest absolute Gasteiger partial charge is 0.440 e. The van der Waals surface area contributed by atoms with Gasteiger partial charge in [0.2, 0.25) is 5.91 Å². The number of hydrogen-bond donors (Lipinski definition) is 0. The smallest absolute Gasteiger partial charge is 0.232 e. The van der Waals surface area contributed by atoms with Gasteiger partial charge >= 0.3 is 0 Å². The number of carbonyl (C=O) groups excluding carboxylic acids is 1. The Morgan fingerprint density at radius 1 is 1.50 bits per heavy atom. The topological polar surface area (TPSA) is 46.3 Å². The highest BCUT2D eigenvalue weighted by Crippen LogP contribution is 2.29. The van der Waals surface area contributed by atoms with Crippen molar-refractivity contribution in [1.82, 2.24) is 9.88 Å². The van der Waals surface area contributed by atoms with Gasteiger partial charge in [0.25, 0.3) is 0 Å². The third-order valence-electron chi connectivity index (χ3n) is 3.70. The van der Waals surface area contributed by atoms with Crippen LogP contribution in [0.5, 0.6) is 0 Å². The molecule has 1 aromatic heterocycles. The first-order valence-electron chi connectivity index (χ1n) is 6.90. The number of piperidine rings is 1. The monoisotopic (exact) mass is 290 g/mol. The van der Waals surface area contributed by atoms with Crippen molar-refractivity contribution in [3.63, 3.8) is 0 Å². The zero-order valence-corrected chi connectivity index (χ0v) is 12.4. The molecule has 2 heterocycles. The Labute approximate surface area is 122 Å². The molecule has 2 aromatic rings. The number of rotatable bonds is 3. The van der Waals surface area contributed by atoms with Gasteiger partial charge in [-0.05, 0) is 31.2 Å². The van der Waals surface area contributed by atoms with Crippen LogP contribution in [-0.2, 0) is 4.79 Å². The number of fused-ring (bicyclic) bond motifs is 1. The molecule has 3 rings (SSSR count). The lowest BCUT2D eigenvalue weighted by Gasteiger charge is -2.31. The van der Waals surface area contributed by atoms with Crippen LogP contribution in [-0.4, -0.2) is 40.9 Å². The molecule has 20 heavy (non-hydrogen) atoms. The summed E-state index contributed by atoms with van der Waals surface area (Å²) in [6.45, 7) is 1.59. The van der Waals surface area contributed by atoms with Crippen molar-refractivity contribution in [1.29, 1.82) is 0 Å². The van der Waals surface area contributed by atoms with Crippen molar-refractivity contribution >= 4 is 28.8 Å². The van der Waals surface area contributed by atoms with Gasteiger partial charge in [-0.15, -0.1) is 0 Å². The van der Waals surface area contributed by atoms with Crippen LogP contribution >= 0.6 is 11.8 Å². The SMILES string of the molecule is CSCC(=O)N1CCCC(c2nc3ccccc3o2)C1. The summed E-state index contributed by atoms with van der Waals surface area (Å²) in [6, 6.07) is 7.81. The highest BCUT2D eigenvalue weighted by Gasteiger charge is 2.27. The van der Waals surface area contributed by atoms with Gasteiger partial charge in [0.05, 0.1) is 11.7 Å². The Morgan fingerprint density at radius 2 is 2.35 bits per heavy atom. The first kappa shape index (κ1) is 13.5. The number of amides is 1. The third kappa shape index (κ3) is 2.68. The minimum absolute atomic E-state index is 0.221. The van der Waals surface area contributed by atoms with E-state index >= 15 is 0 Å². The zero-order chi connectivity index (χ0) is 13.9. The average molecular weight is 290 g/mol. The zero-order valence-electron chi connectivity index (χ0n) is 11.5. The van der Waals surface area contributed by atoms with Crippen molar-refractivity contribution < 1.29 is 9.21 Å². The molecule has 1 amide bonds. The molecule has 1 aromatic carbocycles. The number of oxazole rings is 1. The lowest BCUT2D eigenvalue weighted by molar-refractivity contribution is -0.129. The summed E-state index contributed by atoms with van der Waals surface area (Å²) in [5.74, 6) is 1.77. The van der Waals surface area contributed by atoms with E-state index in [-0.39, 0.29) is 11.8 Å². The Hall–Kier alpha value is -1.49. The van der Waals surface area contributed by atoms with Crippen LogP contribution in [0.2, 0.25) is 0 Å². The molecule has 1 fully saturated rings. The molecule has 4 nitrogen and oxygen atoms in total. The molecule has 5 heteroatoms. The summed E-state index contributed by atoms with van der Waals surface area (Å²) < 4.78 is 5.84. The molecular formula is C15H18N2O2S. The number of thioether (sulfide) groups is 1. The highest BCUT2D eigenvalue weighted by atomic mass is 32.2. The summed E-state index contributed by atoms with van der Waals surface area (Å²) in [5, 5.41) is 0. The molecule has 0 aliphatic carbocycles. The Bertz CT molecular complexity index is 578. The van der Waals surface area contributed by atoms with E-state index in [1.165, 1.54) is 0 Å². The molecule has 1 aliphatic heterocycles. The maximum absolute atomic E-state index is 12.0. The van der Waals surface area contributed by atoms with Crippen LogP contribution in [0, 0.1) is 0 Å². The van der Waals surface area contributed by atoms with Crippen LogP contribution in [0.15, 0.2) is 28.7 Å². The Morgan fingerprint density at radius 3 is 3.15 bits per heavy atom. The molecule has 0 spiro atoms. The lowest BCUT2D eigenvalue weighted by Crippen LogP contribution is -2.40. The number of likely N-dealkylation sites (tertiary alicyclic amines) is 1. The van der Waals surface area contributed by atoms with Gasteiger partial charge in [-0.2, -0.15) is 11.8 Å². The lowest BCUT2D eigenvalue weighted by atomic mass is 9.98. The van der Waals surface area contributed by atoms with Gasteiger partial charge < -0.3 is 9.32 Å². The molecule has 0 saturated carbocycles. The second-order valence-electron chi connectivity index (χ2n) is 5.13. The van der Waals surface area contributed by atoms with Crippen LogP contribution < -0.4 is 0 Å². The molecule has 1 atom stereocenters. The predicted molar refractivity (Wildman–Crippen MR) is 80.9 cm³/mol. The fourth-order valence-corrected chi connectivity index (χ4v) is 3.11. The number of carbonyl (C=O) groups is 1. The first-order valence-corrected chi connectivity index (χ1v) is 8.29. The maximum atomic E-state index is 12.0. The second kappa shape index (κ2) is 5.87. The third-order valence-corrected chi connectivity index (χ3v) is 4.24. The minimum atomic E-state index is 0.221. The summed E-state index contributed by atoms with van der Waals surface area (Å²) >= 11 is 1.57. The molecule has 106 valence electrons. The number of hydrogen-bond acceptors (Lipinski definition) is 4. The summed E-state index contributed by atoms with van der Waals surface area (Å²) in [7, 11) is 0. The van der Waals surface area contributed by atoms with Crippen molar-refractivity contribution in [3.8, 4) is 0 Å². The van der Waals surface area contributed by atoms with Crippen LogP contribution in [0.25, 0.3) is 11.1 Å². The van der Waals surface area contributed by atoms with Gasteiger partial charge in [-0.1, -0.05) is 12.1 Å². The van der Waals surface area contributed by atoms with Gasteiger partial charge in [-0.3, -0.25) is 4.79 Å². The summed E-state index contributed by atoms with van der Waals surface area (Å²) in [5.41, 5.74) is 1.73. The highest BCUT2D eigenvalue weighted by molar-refractivity contribution is 7.99. The van der Waals surface area contributed by atoms with Gasteiger partial charge in [-0.25, -0.2) is 4.98 Å². The Kier molecular flexibility index (Phi) is 3.96. The summed E-state index contributed by atoms with van der Waals surface area (Å²) in [4.78, 5) is 18.5. The normalized spacial score (nSPS) is 19.4. The minimum Gasteiger partial charge on any atom is -0.440 e. The first-order chi connectivity index (χ1) is 9.78. The molecule has 1 unspecified atom stereocenters. The standard InChI is InChI=1S/C15H18N2O2S/c1-20-10-14(18)17-8-4-5-11(9-17)15-16-12-6-2-3-7-13(12)19-15/h2-3,6-7,11H,4-5,8-10H2,1H3. The summed E-state index contributed by atoms with van der Waals surface area (Å²) in [6.07, 6.45) is 4.01. The quantitative estimate of drug-likeness (QED) is 0.872. The van der Waals surface area contributed by atoms with Crippen LogP contribution in [0.3, 0.4) is 0 Å². The van der Waals surface area contributed by atoms with E-state index in [0.29, 0.717) is 5.75 Å². The van der Waals surface area contributed by atoms with E-state index < -0.39 is 0 Å². The number of aromatic nitrogens is 1. The van der Waals surface area contributed by atoms with E-state index in [0.717, 1.165) is 42.9 Å². The van der Waals surface area contributed by atoms with Gasteiger partial charge in [0, 0.05) is 13.1 Å². The predicted octanol–water partition coefficient (Wildman–Crippen LogP) is 2.90. The van der Waals surface area contributed by atoms with E-state index in [2.05, 4.69) is 4.98 Å². The number of nitrogens with zero attached hydrogens (tertiary/aromatic N) is 2. The molecule has 0 radical (unpaired) electrons. The van der Waals surface area contributed by atoms with E-state index in [1.807, 2.05) is 35.4 Å². The number of benzene rings is 1. The van der Waals surface area contributed by atoms with Crippen LogP contribution in [0.1, 0.15) is 24.7 Å². The molecule has 0 bridgehead atoms. The van der Waals surface area contributed by atoms with Crippen molar-refractivity contribution in [2.24, 2.45) is 0 Å². The van der Waals surface area contributed by atoms with Gasteiger partial charge in [0.15, 0.2) is 11.5 Å². The molecule has 0 N–H and O–H groups in total. The molecular weight excluding hydrogens is 272 g/mol. The van der Waals surface area contributed by atoms with Crippen LogP contribution in [0.4, 0.5) is 0 Å². The number of para-hydroxylation sites is 2. The van der Waals surface area contributed by atoms with E-state index in [4.69, 9.17) is 4.42 Å². The van der Waals surface area contributed by atoms with Gasteiger partial charge in [0.1, 0.15) is 5.52 Å². The second-order valence-corrected chi connectivity index (χ2v) is 6.00. The average Bonchev–Trinajstić information content (AvgIpc) is 2.91. The fourth-order valence-electron chi connectivity index (χ4n) is 2.68. The molecule has 1 aliphatic rings. The molecule has 1 saturated heterocycles. The van der Waals surface area contributed by atoms with E-state index in [9.17, 15) is 4.79 Å². The Balaban J connectivity index is 1.77. The van der Waals surface area contributed by atoms with Crippen molar-refractivity contribution in [2.45, 2.75) is 18.8 Å². The van der Waals surface area contributed by atoms with Crippen molar-refractivity contribution in [3.05, 3.63) is 30.2 Å². The maximum Gasteiger partial charge on any atom is 0.232 e.